The van der Waals surface area contributed by atoms with Crippen LogP contribution >= 0.6 is 0 Å². The fourth-order valence-corrected chi connectivity index (χ4v) is 2.09. The number of carbonyl (C=O) groups excluding carboxylic acids is 1. The zero-order valence-electron chi connectivity index (χ0n) is 11.2. The summed E-state index contributed by atoms with van der Waals surface area (Å²) in [4.78, 5) is 19.9. The Bertz CT molecular complexity index is 422. The lowest BCUT2D eigenvalue weighted by molar-refractivity contribution is 0.0195. The van der Waals surface area contributed by atoms with Gasteiger partial charge in [-0.15, -0.1) is 0 Å². The molecule has 104 valence electrons. The number of methoxy groups -OCH3 is 2. The summed E-state index contributed by atoms with van der Waals surface area (Å²) in [6, 6.07) is 1.51. The van der Waals surface area contributed by atoms with Gasteiger partial charge in [-0.25, -0.2) is 4.79 Å². The van der Waals surface area contributed by atoms with E-state index in [9.17, 15) is 4.79 Å². The van der Waals surface area contributed by atoms with Crippen LogP contribution in [0.25, 0.3) is 0 Å². The van der Waals surface area contributed by atoms with Crippen molar-refractivity contribution in [2.75, 3.05) is 14.2 Å². The van der Waals surface area contributed by atoms with E-state index in [1.54, 1.807) is 0 Å². The Kier molecular flexibility index (Phi) is 4.54. The fourth-order valence-electron chi connectivity index (χ4n) is 2.09. The van der Waals surface area contributed by atoms with Crippen molar-refractivity contribution >= 4 is 5.97 Å². The molecular weight excluding hydrogens is 248 g/mol. The summed E-state index contributed by atoms with van der Waals surface area (Å²) in [5, 5.41) is 0. The molecule has 2 rings (SSSR count). The van der Waals surface area contributed by atoms with E-state index >= 15 is 0 Å². The van der Waals surface area contributed by atoms with Gasteiger partial charge in [0.15, 0.2) is 0 Å². The Morgan fingerprint density at radius 2 is 1.68 bits per heavy atom. The Morgan fingerprint density at radius 3 is 2.21 bits per heavy atom. The minimum absolute atomic E-state index is 0.0259. The first-order chi connectivity index (χ1) is 9.22. The lowest BCUT2D eigenvalue weighted by atomic mass is 9.98. The van der Waals surface area contributed by atoms with Gasteiger partial charge < -0.3 is 14.2 Å². The monoisotopic (exact) mass is 266 g/mol. The van der Waals surface area contributed by atoms with Crippen LogP contribution in [0.5, 0.6) is 11.8 Å². The van der Waals surface area contributed by atoms with Gasteiger partial charge in [0.2, 0.25) is 17.6 Å². The second-order valence-electron chi connectivity index (χ2n) is 4.44. The van der Waals surface area contributed by atoms with Crippen LogP contribution in [-0.2, 0) is 4.74 Å². The summed E-state index contributed by atoms with van der Waals surface area (Å²) >= 11 is 0. The summed E-state index contributed by atoms with van der Waals surface area (Å²) in [5.74, 6) is 0.00996. The molecule has 1 fully saturated rings. The third kappa shape index (κ3) is 3.56. The van der Waals surface area contributed by atoms with E-state index in [1.807, 2.05) is 0 Å². The SMILES string of the molecule is COc1cc(OC)nc(C(=O)OC2CCCCC2)n1. The molecule has 1 aliphatic rings. The van der Waals surface area contributed by atoms with Gasteiger partial charge in [-0.2, -0.15) is 9.97 Å². The molecule has 6 nitrogen and oxygen atoms in total. The van der Waals surface area contributed by atoms with Crippen LogP contribution in [0.1, 0.15) is 42.7 Å². The maximum atomic E-state index is 12.0. The van der Waals surface area contributed by atoms with Crippen molar-refractivity contribution in [2.24, 2.45) is 0 Å². The van der Waals surface area contributed by atoms with Gasteiger partial charge in [0.25, 0.3) is 0 Å². The number of hydrogen-bond acceptors (Lipinski definition) is 6. The van der Waals surface area contributed by atoms with E-state index in [1.165, 1.54) is 26.7 Å². The van der Waals surface area contributed by atoms with Crippen LogP contribution in [0.4, 0.5) is 0 Å². The van der Waals surface area contributed by atoms with Gasteiger partial charge in [0.1, 0.15) is 6.10 Å². The first-order valence-electron chi connectivity index (χ1n) is 6.41. The highest BCUT2D eigenvalue weighted by Crippen LogP contribution is 2.22. The predicted molar refractivity (Wildman–Crippen MR) is 67.4 cm³/mol. The van der Waals surface area contributed by atoms with E-state index in [4.69, 9.17) is 14.2 Å². The van der Waals surface area contributed by atoms with Crippen LogP contribution < -0.4 is 9.47 Å². The standard InChI is InChI=1S/C13H18N2O4/c1-17-10-8-11(18-2)15-12(14-10)13(16)19-9-6-4-3-5-7-9/h8-9H,3-7H2,1-2H3. The van der Waals surface area contributed by atoms with E-state index < -0.39 is 5.97 Å². The lowest BCUT2D eigenvalue weighted by Crippen LogP contribution is -2.22. The van der Waals surface area contributed by atoms with Crippen LogP contribution in [-0.4, -0.2) is 36.3 Å². The summed E-state index contributed by atoms with van der Waals surface area (Å²) in [6.07, 6.45) is 5.19. The zero-order valence-corrected chi connectivity index (χ0v) is 11.2. The Morgan fingerprint density at radius 1 is 1.11 bits per heavy atom. The number of nitrogens with zero attached hydrogens (tertiary/aromatic N) is 2. The number of rotatable bonds is 4. The molecule has 0 saturated heterocycles. The summed E-state index contributed by atoms with van der Waals surface area (Å²) in [6.45, 7) is 0. The first kappa shape index (κ1) is 13.6. The molecule has 0 unspecified atom stereocenters. The van der Waals surface area contributed by atoms with Crippen molar-refractivity contribution in [1.29, 1.82) is 0 Å². The molecule has 0 aromatic carbocycles. The van der Waals surface area contributed by atoms with Crippen molar-refractivity contribution in [1.82, 2.24) is 9.97 Å². The largest absolute Gasteiger partial charge is 0.481 e. The van der Waals surface area contributed by atoms with Crippen molar-refractivity contribution in [3.63, 3.8) is 0 Å². The van der Waals surface area contributed by atoms with Gasteiger partial charge in [-0.3, -0.25) is 0 Å². The molecule has 19 heavy (non-hydrogen) atoms. The Hall–Kier alpha value is -1.85. The summed E-state index contributed by atoms with van der Waals surface area (Å²) in [5.41, 5.74) is 0. The highest BCUT2D eigenvalue weighted by Gasteiger charge is 2.21. The lowest BCUT2D eigenvalue weighted by Gasteiger charge is -2.21. The summed E-state index contributed by atoms with van der Waals surface area (Å²) < 4.78 is 15.4. The normalized spacial score (nSPS) is 15.9. The van der Waals surface area contributed by atoms with Crippen molar-refractivity contribution in [3.8, 4) is 11.8 Å². The minimum Gasteiger partial charge on any atom is -0.481 e. The predicted octanol–water partition coefficient (Wildman–Crippen LogP) is 1.98. The molecular formula is C13H18N2O4. The maximum absolute atomic E-state index is 12.0. The van der Waals surface area contributed by atoms with Gasteiger partial charge in [0, 0.05) is 0 Å². The van der Waals surface area contributed by atoms with Gasteiger partial charge in [-0.1, -0.05) is 6.42 Å². The van der Waals surface area contributed by atoms with Crippen LogP contribution in [0.15, 0.2) is 6.07 Å². The van der Waals surface area contributed by atoms with E-state index in [0.717, 1.165) is 25.7 Å². The molecule has 6 heteroatoms. The second-order valence-corrected chi connectivity index (χ2v) is 4.44. The molecule has 1 heterocycles. The van der Waals surface area contributed by atoms with Crippen molar-refractivity contribution in [3.05, 3.63) is 11.9 Å². The van der Waals surface area contributed by atoms with Gasteiger partial charge in [-0.05, 0) is 25.7 Å². The quantitative estimate of drug-likeness (QED) is 0.776. The van der Waals surface area contributed by atoms with Crippen molar-refractivity contribution < 1.29 is 19.0 Å². The molecule has 0 spiro atoms. The highest BCUT2D eigenvalue weighted by molar-refractivity contribution is 5.85. The number of ether oxygens (including phenoxy) is 3. The molecule has 1 aromatic rings. The number of carbonyl (C=O) groups is 1. The van der Waals surface area contributed by atoms with Gasteiger partial charge >= 0.3 is 5.97 Å². The van der Waals surface area contributed by atoms with Gasteiger partial charge in [0.05, 0.1) is 20.3 Å². The number of esters is 1. The number of hydrogen-bond donors (Lipinski definition) is 0. The van der Waals surface area contributed by atoms with E-state index in [0.29, 0.717) is 0 Å². The third-order valence-electron chi connectivity index (χ3n) is 3.11. The second kappa shape index (κ2) is 6.36. The fraction of sp³-hybridized carbons (Fsp3) is 0.615. The van der Waals surface area contributed by atoms with Crippen LogP contribution in [0.2, 0.25) is 0 Å². The molecule has 0 radical (unpaired) electrons. The highest BCUT2D eigenvalue weighted by atomic mass is 16.5. The first-order valence-corrected chi connectivity index (χ1v) is 6.41. The van der Waals surface area contributed by atoms with Crippen molar-refractivity contribution in [2.45, 2.75) is 38.2 Å². The molecule has 1 aromatic heterocycles. The van der Waals surface area contributed by atoms with Crippen LogP contribution in [0, 0.1) is 0 Å². The van der Waals surface area contributed by atoms with E-state index in [-0.39, 0.29) is 23.7 Å². The molecule has 0 bridgehead atoms. The molecule has 1 aliphatic carbocycles. The van der Waals surface area contributed by atoms with E-state index in [2.05, 4.69) is 9.97 Å². The molecule has 0 aliphatic heterocycles. The minimum atomic E-state index is -0.524. The molecule has 0 amide bonds. The topological polar surface area (TPSA) is 70.5 Å². The molecule has 1 saturated carbocycles. The molecule has 0 atom stereocenters. The average Bonchev–Trinajstić information content (AvgIpc) is 2.47. The summed E-state index contributed by atoms with van der Waals surface area (Å²) in [7, 11) is 2.94. The van der Waals surface area contributed by atoms with Crippen LogP contribution in [0.3, 0.4) is 0 Å². The zero-order chi connectivity index (χ0) is 13.7. The Balaban J connectivity index is 2.08. The smallest absolute Gasteiger partial charge is 0.376 e. The Labute approximate surface area is 112 Å². The average molecular weight is 266 g/mol. The third-order valence-corrected chi connectivity index (χ3v) is 3.11. The maximum Gasteiger partial charge on any atom is 0.376 e. The molecule has 0 N–H and O–H groups in total. The number of aromatic nitrogens is 2.